The van der Waals surface area contributed by atoms with Crippen molar-refractivity contribution in [3.05, 3.63) is 12.2 Å². The lowest BCUT2D eigenvalue weighted by Gasteiger charge is -2.17. The molecule has 1 amide bonds. The number of sulfone groups is 1. The average Bonchev–Trinajstić information content (AvgIpc) is 2.15. The Hall–Kier alpha value is -0.840. The van der Waals surface area contributed by atoms with Gasteiger partial charge in [0.1, 0.15) is 9.84 Å². The Morgan fingerprint density at radius 3 is 2.80 bits per heavy atom. The first-order valence-corrected chi connectivity index (χ1v) is 7.17. The van der Waals surface area contributed by atoms with E-state index >= 15 is 0 Å². The summed E-state index contributed by atoms with van der Waals surface area (Å²) in [6.07, 6.45) is 8.31. The van der Waals surface area contributed by atoms with Gasteiger partial charge in [-0.15, -0.1) is 0 Å². The molecule has 0 saturated carbocycles. The summed E-state index contributed by atoms with van der Waals surface area (Å²) < 4.78 is 21.7. The molecule has 0 aromatic heterocycles. The van der Waals surface area contributed by atoms with E-state index in [0.717, 1.165) is 25.5 Å². The molecule has 1 rings (SSSR count). The third kappa shape index (κ3) is 5.57. The Labute approximate surface area is 90.7 Å². The molecule has 0 radical (unpaired) electrons. The van der Waals surface area contributed by atoms with Crippen LogP contribution in [-0.2, 0) is 14.6 Å². The Bertz CT molecular complexity index is 346. The van der Waals surface area contributed by atoms with Crippen LogP contribution in [0.2, 0.25) is 0 Å². The zero-order valence-corrected chi connectivity index (χ0v) is 9.72. The maximum absolute atomic E-state index is 11.3. The fourth-order valence-electron chi connectivity index (χ4n) is 1.49. The van der Waals surface area contributed by atoms with Gasteiger partial charge in [-0.3, -0.25) is 4.79 Å². The van der Waals surface area contributed by atoms with Crippen molar-refractivity contribution < 1.29 is 13.2 Å². The Kier molecular flexibility index (Phi) is 4.32. The number of carbonyl (C=O) groups excluding carboxylic acids is 1. The van der Waals surface area contributed by atoms with E-state index in [1.165, 1.54) is 0 Å². The van der Waals surface area contributed by atoms with Crippen LogP contribution in [0.5, 0.6) is 0 Å². The highest BCUT2D eigenvalue weighted by molar-refractivity contribution is 7.90. The maximum Gasteiger partial charge on any atom is 0.221 e. The third-order valence-corrected chi connectivity index (χ3v) is 3.25. The molecule has 15 heavy (non-hydrogen) atoms. The fraction of sp³-hybridized carbons (Fsp3) is 0.700. The second-order valence-electron chi connectivity index (χ2n) is 3.91. The summed E-state index contributed by atoms with van der Waals surface area (Å²) >= 11 is 0. The van der Waals surface area contributed by atoms with Crippen molar-refractivity contribution >= 4 is 15.7 Å². The lowest BCUT2D eigenvalue weighted by atomic mass is 10.0. The van der Waals surface area contributed by atoms with Crippen LogP contribution in [0.4, 0.5) is 0 Å². The molecular formula is C10H17NO3S. The van der Waals surface area contributed by atoms with Crippen LogP contribution in [0.15, 0.2) is 12.2 Å². The van der Waals surface area contributed by atoms with Crippen molar-refractivity contribution in [3.8, 4) is 0 Å². The first-order valence-electron chi connectivity index (χ1n) is 5.11. The van der Waals surface area contributed by atoms with Gasteiger partial charge < -0.3 is 5.32 Å². The van der Waals surface area contributed by atoms with Crippen LogP contribution < -0.4 is 5.32 Å². The summed E-state index contributed by atoms with van der Waals surface area (Å²) in [7, 11) is -3.04. The normalized spacial score (nSPS) is 21.3. The Morgan fingerprint density at radius 2 is 2.27 bits per heavy atom. The largest absolute Gasteiger partial charge is 0.350 e. The van der Waals surface area contributed by atoms with Gasteiger partial charge in [-0.1, -0.05) is 12.2 Å². The number of carbonyl (C=O) groups is 1. The number of allylic oxidation sites excluding steroid dienone is 1. The second kappa shape index (κ2) is 5.30. The molecular weight excluding hydrogens is 214 g/mol. The van der Waals surface area contributed by atoms with E-state index in [1.54, 1.807) is 0 Å². The van der Waals surface area contributed by atoms with Crippen LogP contribution in [-0.4, -0.2) is 32.4 Å². The molecule has 0 heterocycles. The van der Waals surface area contributed by atoms with Crippen LogP contribution in [0.25, 0.3) is 0 Å². The standard InChI is InChI=1S/C10H17NO3S/c1-15(13,14)8-7-10(12)11-9-5-3-2-4-6-9/h3,5,9H,2,4,6-8H2,1H3,(H,11,12). The van der Waals surface area contributed by atoms with Crippen molar-refractivity contribution in [1.29, 1.82) is 0 Å². The third-order valence-electron chi connectivity index (χ3n) is 2.30. The molecule has 0 saturated heterocycles. The maximum atomic E-state index is 11.3. The van der Waals surface area contributed by atoms with Gasteiger partial charge in [-0.05, 0) is 19.3 Å². The highest BCUT2D eigenvalue weighted by atomic mass is 32.2. The zero-order chi connectivity index (χ0) is 11.3. The number of nitrogens with one attached hydrogen (secondary N) is 1. The molecule has 0 aromatic rings. The second-order valence-corrected chi connectivity index (χ2v) is 6.17. The average molecular weight is 231 g/mol. The number of rotatable bonds is 4. The van der Waals surface area contributed by atoms with E-state index in [4.69, 9.17) is 0 Å². The van der Waals surface area contributed by atoms with Crippen LogP contribution in [0.1, 0.15) is 25.7 Å². The van der Waals surface area contributed by atoms with E-state index in [1.807, 2.05) is 12.2 Å². The summed E-state index contributed by atoms with van der Waals surface area (Å²) in [5, 5.41) is 2.80. The van der Waals surface area contributed by atoms with E-state index in [-0.39, 0.29) is 24.1 Å². The highest BCUT2D eigenvalue weighted by Gasteiger charge is 2.13. The lowest BCUT2D eigenvalue weighted by molar-refractivity contribution is -0.121. The molecule has 0 aromatic carbocycles. The minimum absolute atomic E-state index is 0.0587. The smallest absolute Gasteiger partial charge is 0.221 e. The molecule has 0 fully saturated rings. The topological polar surface area (TPSA) is 63.2 Å². The molecule has 1 N–H and O–H groups in total. The van der Waals surface area contributed by atoms with Gasteiger partial charge in [0.05, 0.1) is 5.75 Å². The molecule has 1 unspecified atom stereocenters. The molecule has 86 valence electrons. The molecule has 0 spiro atoms. The van der Waals surface area contributed by atoms with Crippen molar-refractivity contribution in [2.24, 2.45) is 0 Å². The quantitative estimate of drug-likeness (QED) is 0.722. The van der Waals surface area contributed by atoms with Crippen molar-refractivity contribution in [1.82, 2.24) is 5.32 Å². The van der Waals surface area contributed by atoms with Gasteiger partial charge in [0.15, 0.2) is 0 Å². The van der Waals surface area contributed by atoms with Crippen LogP contribution in [0.3, 0.4) is 0 Å². The highest BCUT2D eigenvalue weighted by Crippen LogP contribution is 2.10. The summed E-state index contributed by atoms with van der Waals surface area (Å²) in [6.45, 7) is 0. The van der Waals surface area contributed by atoms with E-state index in [2.05, 4.69) is 5.32 Å². The van der Waals surface area contributed by atoms with E-state index in [9.17, 15) is 13.2 Å². The van der Waals surface area contributed by atoms with Gasteiger partial charge in [0.25, 0.3) is 0 Å². The van der Waals surface area contributed by atoms with Crippen LogP contribution in [0, 0.1) is 0 Å². The monoisotopic (exact) mass is 231 g/mol. The molecule has 1 aliphatic carbocycles. The zero-order valence-electron chi connectivity index (χ0n) is 8.90. The minimum atomic E-state index is -3.04. The van der Waals surface area contributed by atoms with E-state index in [0.29, 0.717) is 0 Å². The van der Waals surface area contributed by atoms with Gasteiger partial charge in [-0.25, -0.2) is 8.42 Å². The molecule has 1 atom stereocenters. The van der Waals surface area contributed by atoms with Gasteiger partial charge >= 0.3 is 0 Å². The number of amides is 1. The van der Waals surface area contributed by atoms with E-state index < -0.39 is 9.84 Å². The minimum Gasteiger partial charge on any atom is -0.350 e. The van der Waals surface area contributed by atoms with Crippen molar-refractivity contribution in [3.63, 3.8) is 0 Å². The molecule has 5 heteroatoms. The van der Waals surface area contributed by atoms with Crippen molar-refractivity contribution in [2.45, 2.75) is 31.7 Å². The molecule has 4 nitrogen and oxygen atoms in total. The summed E-state index contributed by atoms with van der Waals surface area (Å²) in [6, 6.07) is 0.0887. The fourth-order valence-corrected chi connectivity index (χ4v) is 2.05. The Balaban J connectivity index is 2.29. The Morgan fingerprint density at radius 1 is 1.53 bits per heavy atom. The molecule has 0 bridgehead atoms. The number of hydrogen-bond acceptors (Lipinski definition) is 3. The first kappa shape index (κ1) is 12.2. The molecule has 1 aliphatic rings. The predicted octanol–water partition coefficient (Wildman–Crippen LogP) is 0.646. The molecule has 0 aliphatic heterocycles. The predicted molar refractivity (Wildman–Crippen MR) is 59.2 cm³/mol. The number of hydrogen-bond donors (Lipinski definition) is 1. The van der Waals surface area contributed by atoms with Gasteiger partial charge in [0, 0.05) is 18.7 Å². The van der Waals surface area contributed by atoms with Gasteiger partial charge in [-0.2, -0.15) is 0 Å². The van der Waals surface area contributed by atoms with Crippen molar-refractivity contribution in [2.75, 3.05) is 12.0 Å². The SMILES string of the molecule is CS(=O)(=O)CCC(=O)NC1C=CCCC1. The first-order chi connectivity index (χ1) is 6.97. The summed E-state index contributed by atoms with van der Waals surface area (Å²) in [5.41, 5.74) is 0. The van der Waals surface area contributed by atoms with Gasteiger partial charge in [0.2, 0.25) is 5.91 Å². The lowest BCUT2D eigenvalue weighted by Crippen LogP contribution is -2.35. The van der Waals surface area contributed by atoms with Crippen LogP contribution >= 0.6 is 0 Å². The summed E-state index contributed by atoms with van der Waals surface area (Å²) in [5.74, 6) is -0.257. The summed E-state index contributed by atoms with van der Waals surface area (Å²) in [4.78, 5) is 11.3.